The Balaban J connectivity index is 1.69. The van der Waals surface area contributed by atoms with Gasteiger partial charge in [-0.2, -0.15) is 0 Å². The van der Waals surface area contributed by atoms with Crippen LogP contribution in [0.1, 0.15) is 52.7 Å². The molecule has 0 bridgehead atoms. The third-order valence-electron chi connectivity index (χ3n) is 4.52. The van der Waals surface area contributed by atoms with Gasteiger partial charge in [0.1, 0.15) is 0 Å². The third kappa shape index (κ3) is 4.76. The van der Waals surface area contributed by atoms with Crippen LogP contribution >= 0.6 is 11.3 Å². The van der Waals surface area contributed by atoms with Gasteiger partial charge in [0.25, 0.3) is 5.91 Å². The summed E-state index contributed by atoms with van der Waals surface area (Å²) in [6, 6.07) is 7.32. The Morgan fingerprint density at radius 3 is 3.04 bits per heavy atom. The second kappa shape index (κ2) is 8.23. The van der Waals surface area contributed by atoms with Crippen LogP contribution in [0.4, 0.5) is 5.13 Å². The lowest BCUT2D eigenvalue weighted by Crippen LogP contribution is -2.13. The Morgan fingerprint density at radius 2 is 2.28 bits per heavy atom. The molecule has 0 aliphatic heterocycles. The molecule has 1 aliphatic carbocycles. The minimum atomic E-state index is -0.919. The Hall–Kier alpha value is -1.53. The number of fused-ring (bicyclic) bond motifs is 1. The molecule has 0 saturated heterocycles. The predicted octanol–water partition coefficient (Wildman–Crippen LogP) is 4.18. The minimum Gasteiger partial charge on any atom is -0.298 e. The van der Waals surface area contributed by atoms with Crippen molar-refractivity contribution in [3.63, 3.8) is 0 Å². The van der Waals surface area contributed by atoms with E-state index in [4.69, 9.17) is 0 Å². The number of hydrogen-bond acceptors (Lipinski definition) is 4. The van der Waals surface area contributed by atoms with Crippen molar-refractivity contribution in [2.75, 3.05) is 11.6 Å². The molecule has 2 atom stereocenters. The van der Waals surface area contributed by atoms with Crippen molar-refractivity contribution >= 4 is 33.2 Å². The normalized spacial score (nSPS) is 17.8. The molecule has 1 N–H and O–H groups in total. The number of nitrogens with one attached hydrogen (secondary N) is 1. The van der Waals surface area contributed by atoms with Gasteiger partial charge >= 0.3 is 0 Å². The molecule has 0 radical (unpaired) electrons. The fourth-order valence-corrected chi connectivity index (χ4v) is 5.12. The zero-order valence-corrected chi connectivity index (χ0v) is 16.3. The van der Waals surface area contributed by atoms with Crippen molar-refractivity contribution in [1.82, 2.24) is 4.98 Å². The molecule has 1 aliphatic rings. The van der Waals surface area contributed by atoms with Crippen molar-refractivity contribution < 1.29 is 9.00 Å². The molecule has 0 unspecified atom stereocenters. The molecule has 3 rings (SSSR count). The maximum atomic E-state index is 12.5. The van der Waals surface area contributed by atoms with E-state index in [0.717, 1.165) is 30.0 Å². The lowest BCUT2D eigenvalue weighted by molar-refractivity contribution is 0.102. The average Bonchev–Trinajstić information content (AvgIpc) is 2.96. The van der Waals surface area contributed by atoms with E-state index >= 15 is 0 Å². The van der Waals surface area contributed by atoms with Gasteiger partial charge in [-0.05, 0) is 42.9 Å². The van der Waals surface area contributed by atoms with Crippen molar-refractivity contribution in [2.45, 2.75) is 44.8 Å². The number of anilines is 1. The molecule has 1 aromatic carbocycles. The Labute approximate surface area is 155 Å². The van der Waals surface area contributed by atoms with Crippen LogP contribution in [0.3, 0.4) is 0 Å². The number of carbonyl (C=O) groups excluding carboxylic acids is 1. The molecule has 4 nitrogen and oxygen atoms in total. The highest BCUT2D eigenvalue weighted by Crippen LogP contribution is 2.34. The van der Waals surface area contributed by atoms with Crippen LogP contribution in [0.5, 0.6) is 0 Å². The Kier molecular flexibility index (Phi) is 6.02. The standard InChI is InChI=1S/C19H24N2O2S2/c1-3-5-13-8-9-16-17(11-13)24-19(20-16)21-18(22)15-7-4-6-14(10-15)12-25(2)23/h4,6-7,10,13H,3,5,8-9,11-12H2,1-2H3,(H,20,21,22)/t13-,25-/m1/s1. The van der Waals surface area contributed by atoms with Gasteiger partial charge in [-0.15, -0.1) is 11.3 Å². The molecule has 1 aromatic heterocycles. The summed E-state index contributed by atoms with van der Waals surface area (Å²) in [4.78, 5) is 18.5. The second-order valence-electron chi connectivity index (χ2n) is 6.66. The van der Waals surface area contributed by atoms with Crippen LogP contribution < -0.4 is 5.32 Å². The first kappa shape index (κ1) is 18.3. The number of rotatable bonds is 6. The van der Waals surface area contributed by atoms with Gasteiger partial charge in [0, 0.05) is 33.2 Å². The average molecular weight is 377 g/mol. The summed E-state index contributed by atoms with van der Waals surface area (Å²) in [6.07, 6.45) is 7.47. The third-order valence-corrected chi connectivity index (χ3v) is 6.29. The number of benzene rings is 1. The van der Waals surface area contributed by atoms with Crippen molar-refractivity contribution in [3.05, 3.63) is 46.0 Å². The summed E-state index contributed by atoms with van der Waals surface area (Å²) >= 11 is 1.61. The van der Waals surface area contributed by atoms with E-state index in [2.05, 4.69) is 17.2 Å². The highest BCUT2D eigenvalue weighted by Gasteiger charge is 2.22. The summed E-state index contributed by atoms with van der Waals surface area (Å²) < 4.78 is 11.4. The predicted molar refractivity (Wildman–Crippen MR) is 105 cm³/mol. The lowest BCUT2D eigenvalue weighted by atomic mass is 9.88. The van der Waals surface area contributed by atoms with E-state index in [1.165, 1.54) is 24.1 Å². The number of aryl methyl sites for hydroxylation is 1. The SMILES string of the molecule is CCC[C@@H]1CCc2nc(NC(=O)c3cccc(C[S@@](C)=O)c3)sc2C1. The molecule has 0 spiro atoms. The first-order valence-electron chi connectivity index (χ1n) is 8.74. The van der Waals surface area contributed by atoms with Crippen LogP contribution in [0.15, 0.2) is 24.3 Å². The van der Waals surface area contributed by atoms with Crippen molar-refractivity contribution in [2.24, 2.45) is 5.92 Å². The molecule has 134 valence electrons. The maximum Gasteiger partial charge on any atom is 0.257 e. The number of thiazole rings is 1. The topological polar surface area (TPSA) is 59.1 Å². The van der Waals surface area contributed by atoms with Crippen LogP contribution in [0.2, 0.25) is 0 Å². The van der Waals surface area contributed by atoms with E-state index in [0.29, 0.717) is 16.4 Å². The molecule has 6 heteroatoms. The van der Waals surface area contributed by atoms with Gasteiger partial charge in [-0.25, -0.2) is 4.98 Å². The van der Waals surface area contributed by atoms with Gasteiger partial charge in [-0.1, -0.05) is 31.9 Å². The van der Waals surface area contributed by atoms with Gasteiger partial charge in [-0.3, -0.25) is 14.3 Å². The van der Waals surface area contributed by atoms with Gasteiger partial charge in [0.2, 0.25) is 0 Å². The van der Waals surface area contributed by atoms with E-state index in [1.54, 1.807) is 23.7 Å². The molecule has 1 amide bonds. The number of carbonyl (C=O) groups is 1. The molecular formula is C19H24N2O2S2. The molecule has 1 heterocycles. The smallest absolute Gasteiger partial charge is 0.257 e. The van der Waals surface area contributed by atoms with Gasteiger partial charge in [0.05, 0.1) is 5.69 Å². The number of hydrogen-bond donors (Lipinski definition) is 1. The largest absolute Gasteiger partial charge is 0.298 e. The van der Waals surface area contributed by atoms with Gasteiger partial charge < -0.3 is 0 Å². The maximum absolute atomic E-state index is 12.5. The Bertz CT molecular complexity index is 785. The van der Waals surface area contributed by atoms with Crippen LogP contribution in [0, 0.1) is 5.92 Å². The zero-order chi connectivity index (χ0) is 17.8. The molecule has 25 heavy (non-hydrogen) atoms. The fraction of sp³-hybridized carbons (Fsp3) is 0.474. The van der Waals surface area contributed by atoms with Crippen molar-refractivity contribution in [1.29, 1.82) is 0 Å². The molecular weight excluding hydrogens is 352 g/mol. The monoisotopic (exact) mass is 376 g/mol. The summed E-state index contributed by atoms with van der Waals surface area (Å²) in [5.74, 6) is 1.07. The zero-order valence-electron chi connectivity index (χ0n) is 14.7. The quantitative estimate of drug-likeness (QED) is 0.823. The number of amides is 1. The van der Waals surface area contributed by atoms with E-state index < -0.39 is 10.8 Å². The fourth-order valence-electron chi connectivity index (χ4n) is 3.36. The summed E-state index contributed by atoms with van der Waals surface area (Å²) in [6.45, 7) is 2.23. The first-order valence-corrected chi connectivity index (χ1v) is 11.3. The summed E-state index contributed by atoms with van der Waals surface area (Å²) in [5, 5.41) is 3.63. The highest BCUT2D eigenvalue weighted by atomic mass is 32.2. The molecule has 0 saturated carbocycles. The molecule has 2 aromatic rings. The Morgan fingerprint density at radius 1 is 1.44 bits per heavy atom. The number of nitrogens with zero attached hydrogens (tertiary/aromatic N) is 1. The van der Waals surface area contributed by atoms with Crippen molar-refractivity contribution in [3.8, 4) is 0 Å². The van der Waals surface area contributed by atoms with Crippen LogP contribution in [-0.2, 0) is 29.4 Å². The molecule has 0 fully saturated rings. The van der Waals surface area contributed by atoms with Gasteiger partial charge in [0.15, 0.2) is 5.13 Å². The van der Waals surface area contributed by atoms with Crippen LogP contribution in [0.25, 0.3) is 0 Å². The summed E-state index contributed by atoms with van der Waals surface area (Å²) in [5.41, 5.74) is 2.65. The number of aromatic nitrogens is 1. The van der Waals surface area contributed by atoms with E-state index in [9.17, 15) is 9.00 Å². The second-order valence-corrected chi connectivity index (χ2v) is 9.18. The van der Waals surface area contributed by atoms with E-state index in [1.807, 2.05) is 18.2 Å². The minimum absolute atomic E-state index is 0.153. The summed E-state index contributed by atoms with van der Waals surface area (Å²) in [7, 11) is -0.919. The van der Waals surface area contributed by atoms with E-state index in [-0.39, 0.29) is 5.91 Å². The first-order chi connectivity index (χ1) is 12.0. The van der Waals surface area contributed by atoms with Crippen LogP contribution in [-0.4, -0.2) is 21.4 Å². The lowest BCUT2D eigenvalue weighted by Gasteiger charge is -2.19. The highest BCUT2D eigenvalue weighted by molar-refractivity contribution is 7.83.